The SMILES string of the molecule is CC.C\C=C/C(=C(C)\C=C(/C)C1=CC(NN)=CCC(Cl)=C1)S(C)(=O)=O. The van der Waals surface area contributed by atoms with Crippen LogP contribution in [0.25, 0.3) is 0 Å². The third-order valence-electron chi connectivity index (χ3n) is 3.30. The second-order valence-corrected chi connectivity index (χ2v) is 7.82. The second-order valence-electron chi connectivity index (χ2n) is 5.35. The van der Waals surface area contributed by atoms with Gasteiger partial charge in [-0.2, -0.15) is 0 Å². The minimum atomic E-state index is -3.29. The lowest BCUT2D eigenvalue weighted by molar-refractivity contribution is 0.608. The van der Waals surface area contributed by atoms with Crippen molar-refractivity contribution in [2.45, 2.75) is 41.0 Å². The van der Waals surface area contributed by atoms with Crippen molar-refractivity contribution in [1.29, 1.82) is 0 Å². The van der Waals surface area contributed by atoms with E-state index in [2.05, 4.69) is 5.43 Å². The molecule has 0 aromatic rings. The molecule has 0 unspecified atom stereocenters. The van der Waals surface area contributed by atoms with Gasteiger partial charge < -0.3 is 5.43 Å². The highest BCUT2D eigenvalue weighted by Gasteiger charge is 2.12. The van der Waals surface area contributed by atoms with Crippen molar-refractivity contribution in [1.82, 2.24) is 5.43 Å². The Morgan fingerprint density at radius 1 is 1.28 bits per heavy atom. The van der Waals surface area contributed by atoms with Gasteiger partial charge in [-0.1, -0.05) is 43.7 Å². The van der Waals surface area contributed by atoms with Crippen molar-refractivity contribution in [3.63, 3.8) is 0 Å². The first-order valence-corrected chi connectivity index (χ1v) is 10.4. The lowest BCUT2D eigenvalue weighted by Gasteiger charge is -2.08. The van der Waals surface area contributed by atoms with E-state index in [9.17, 15) is 8.42 Å². The summed E-state index contributed by atoms with van der Waals surface area (Å²) in [6.07, 6.45) is 12.6. The highest BCUT2D eigenvalue weighted by Crippen LogP contribution is 2.25. The van der Waals surface area contributed by atoms with Crippen LogP contribution in [0.15, 0.2) is 68.8 Å². The van der Waals surface area contributed by atoms with E-state index in [4.69, 9.17) is 17.4 Å². The van der Waals surface area contributed by atoms with E-state index in [0.29, 0.717) is 21.9 Å². The van der Waals surface area contributed by atoms with E-state index in [1.165, 1.54) is 6.26 Å². The van der Waals surface area contributed by atoms with Crippen LogP contribution in [0.5, 0.6) is 0 Å². The number of allylic oxidation sites excluding steroid dienone is 10. The minimum absolute atomic E-state index is 0.302. The van der Waals surface area contributed by atoms with Crippen molar-refractivity contribution < 1.29 is 8.42 Å². The summed E-state index contributed by atoms with van der Waals surface area (Å²) in [7, 11) is -3.29. The monoisotopic (exact) mass is 384 g/mol. The molecule has 0 atom stereocenters. The predicted octanol–water partition coefficient (Wildman–Crippen LogP) is 4.65. The van der Waals surface area contributed by atoms with Crippen LogP contribution >= 0.6 is 11.6 Å². The van der Waals surface area contributed by atoms with Crippen LogP contribution in [-0.2, 0) is 9.84 Å². The van der Waals surface area contributed by atoms with Gasteiger partial charge in [-0.05, 0) is 55.7 Å². The van der Waals surface area contributed by atoms with Gasteiger partial charge in [-0.25, -0.2) is 8.42 Å². The van der Waals surface area contributed by atoms with E-state index in [1.54, 1.807) is 26.0 Å². The second kappa shape index (κ2) is 11.1. The Hall–Kier alpha value is -1.56. The highest BCUT2D eigenvalue weighted by atomic mass is 35.5. The molecule has 0 heterocycles. The molecule has 0 radical (unpaired) electrons. The van der Waals surface area contributed by atoms with Gasteiger partial charge in [-0.15, -0.1) is 0 Å². The van der Waals surface area contributed by atoms with Crippen LogP contribution in [0.2, 0.25) is 0 Å². The Kier molecular flexibility index (Phi) is 10.4. The molecule has 0 aromatic heterocycles. The molecule has 0 aliphatic heterocycles. The third-order valence-corrected chi connectivity index (χ3v) is 4.82. The van der Waals surface area contributed by atoms with Crippen LogP contribution in [0.3, 0.4) is 0 Å². The number of nitrogens with two attached hydrogens (primary N) is 1. The maximum Gasteiger partial charge on any atom is 0.175 e. The van der Waals surface area contributed by atoms with Gasteiger partial charge in [0.25, 0.3) is 0 Å². The van der Waals surface area contributed by atoms with Gasteiger partial charge in [0.1, 0.15) is 0 Å². The summed E-state index contributed by atoms with van der Waals surface area (Å²) >= 11 is 6.16. The predicted molar refractivity (Wildman–Crippen MR) is 110 cm³/mol. The Labute approximate surface area is 157 Å². The Morgan fingerprint density at radius 2 is 1.88 bits per heavy atom. The average molecular weight is 385 g/mol. The zero-order chi connectivity index (χ0) is 19.6. The van der Waals surface area contributed by atoms with Crippen molar-refractivity contribution in [2.75, 3.05) is 6.26 Å². The lowest BCUT2D eigenvalue weighted by atomic mass is 10.0. The summed E-state index contributed by atoms with van der Waals surface area (Å²) < 4.78 is 23.8. The summed E-state index contributed by atoms with van der Waals surface area (Å²) in [5.74, 6) is 5.48. The quantitative estimate of drug-likeness (QED) is 0.411. The topological polar surface area (TPSA) is 72.2 Å². The number of hydrazine groups is 1. The van der Waals surface area contributed by atoms with Crippen LogP contribution in [0.4, 0.5) is 0 Å². The average Bonchev–Trinajstić information content (AvgIpc) is 2.74. The van der Waals surface area contributed by atoms with Crippen molar-refractivity contribution >= 4 is 21.4 Å². The normalized spacial score (nSPS) is 16.8. The lowest BCUT2D eigenvalue weighted by Crippen LogP contribution is -2.19. The minimum Gasteiger partial charge on any atom is -0.324 e. The molecule has 0 amide bonds. The number of rotatable bonds is 5. The van der Waals surface area contributed by atoms with Gasteiger partial charge >= 0.3 is 0 Å². The molecule has 6 heteroatoms. The zero-order valence-electron chi connectivity index (χ0n) is 15.9. The van der Waals surface area contributed by atoms with E-state index in [0.717, 1.165) is 16.8 Å². The van der Waals surface area contributed by atoms with E-state index >= 15 is 0 Å². The molecule has 0 aromatic carbocycles. The first-order valence-electron chi connectivity index (χ1n) is 8.16. The number of hydrogen-bond donors (Lipinski definition) is 2. The summed E-state index contributed by atoms with van der Waals surface area (Å²) in [5.41, 5.74) is 5.83. The fourth-order valence-electron chi connectivity index (χ4n) is 2.21. The molecule has 140 valence electrons. The van der Waals surface area contributed by atoms with Gasteiger partial charge in [0.2, 0.25) is 0 Å². The van der Waals surface area contributed by atoms with Crippen LogP contribution in [0, 0.1) is 0 Å². The molecule has 0 saturated carbocycles. The molecule has 0 bridgehead atoms. The largest absolute Gasteiger partial charge is 0.324 e. The number of sulfone groups is 1. The summed E-state index contributed by atoms with van der Waals surface area (Å²) in [6.45, 7) is 9.47. The van der Waals surface area contributed by atoms with Gasteiger partial charge in [-0.3, -0.25) is 5.84 Å². The van der Waals surface area contributed by atoms with Gasteiger partial charge in [0, 0.05) is 23.4 Å². The molecule has 25 heavy (non-hydrogen) atoms. The maximum atomic E-state index is 11.9. The summed E-state index contributed by atoms with van der Waals surface area (Å²) in [5, 5.41) is 0.688. The van der Waals surface area contributed by atoms with Crippen LogP contribution in [-0.4, -0.2) is 14.7 Å². The molecule has 0 spiro atoms. The first-order chi connectivity index (χ1) is 11.7. The number of nitrogens with one attached hydrogen (secondary N) is 1. The maximum absolute atomic E-state index is 11.9. The van der Waals surface area contributed by atoms with Crippen molar-refractivity contribution in [3.05, 3.63) is 68.8 Å². The summed E-state index contributed by atoms with van der Waals surface area (Å²) in [4.78, 5) is 0.302. The molecule has 1 aliphatic rings. The molecule has 1 rings (SSSR count). The van der Waals surface area contributed by atoms with Crippen molar-refractivity contribution in [3.8, 4) is 0 Å². The molecule has 0 fully saturated rings. The van der Waals surface area contributed by atoms with E-state index in [-0.39, 0.29) is 0 Å². The Morgan fingerprint density at radius 3 is 2.36 bits per heavy atom. The third kappa shape index (κ3) is 7.90. The van der Waals surface area contributed by atoms with Crippen LogP contribution in [0.1, 0.15) is 41.0 Å². The van der Waals surface area contributed by atoms with Crippen molar-refractivity contribution in [2.24, 2.45) is 5.84 Å². The number of hydrogen-bond acceptors (Lipinski definition) is 4. The highest BCUT2D eigenvalue weighted by molar-refractivity contribution is 7.94. The first kappa shape index (κ1) is 23.4. The van der Waals surface area contributed by atoms with E-state index < -0.39 is 9.84 Å². The fourth-order valence-corrected chi connectivity index (χ4v) is 3.43. The number of halogens is 1. The van der Waals surface area contributed by atoms with Gasteiger partial charge in [0.15, 0.2) is 9.84 Å². The summed E-state index contributed by atoms with van der Waals surface area (Å²) in [6, 6.07) is 0. The Bertz CT molecular complexity index is 752. The van der Waals surface area contributed by atoms with Crippen LogP contribution < -0.4 is 11.3 Å². The Balaban J connectivity index is 0.00000277. The molecule has 4 nitrogen and oxygen atoms in total. The van der Waals surface area contributed by atoms with E-state index in [1.807, 2.05) is 45.1 Å². The smallest absolute Gasteiger partial charge is 0.175 e. The molecular formula is C19H29ClN2O2S. The molecule has 1 aliphatic carbocycles. The zero-order valence-corrected chi connectivity index (χ0v) is 17.4. The molecular weight excluding hydrogens is 356 g/mol. The molecule has 0 saturated heterocycles. The standard InChI is InChI=1S/C17H23ClN2O2S.C2H6/c1-5-6-17(23(4,21)22)13(3)9-12(2)14-10-15(18)7-8-16(11-14)20-19;1-2/h5-6,8-11,20H,7,19H2,1-4H3;1-2H3/b6-5-,12-9+,17-13+;. The fraction of sp³-hybridized carbons (Fsp3) is 0.368. The van der Waals surface area contributed by atoms with Gasteiger partial charge in [0.05, 0.1) is 4.91 Å². The molecule has 3 N–H and O–H groups in total.